The zero-order chi connectivity index (χ0) is 14.1. The van der Waals surface area contributed by atoms with Crippen molar-refractivity contribution in [3.63, 3.8) is 0 Å². The van der Waals surface area contributed by atoms with Crippen LogP contribution in [0, 0.1) is 0 Å². The summed E-state index contributed by atoms with van der Waals surface area (Å²) in [6.07, 6.45) is 3.85. The summed E-state index contributed by atoms with van der Waals surface area (Å²) in [5.74, 6) is -1.10. The van der Waals surface area contributed by atoms with Crippen molar-refractivity contribution in [2.24, 2.45) is 0 Å². The minimum atomic E-state index is -1.10. The van der Waals surface area contributed by atoms with Gasteiger partial charge in [0.1, 0.15) is 6.61 Å². The fraction of sp³-hybridized carbons (Fsp3) is 0.455. The van der Waals surface area contributed by atoms with Crippen LogP contribution in [0.3, 0.4) is 0 Å². The lowest BCUT2D eigenvalue weighted by molar-refractivity contribution is 0.0690. The van der Waals surface area contributed by atoms with Gasteiger partial charge < -0.3 is 15.2 Å². The number of nitrogens with zero attached hydrogens (tertiary/aromatic N) is 3. The number of carbonyl (C=O) groups is 2. The predicted octanol–water partition coefficient (Wildman–Crippen LogP) is 0.669. The number of amides is 1. The molecule has 0 bridgehead atoms. The minimum absolute atomic E-state index is 0.0777. The number of ether oxygens (including phenoxy) is 1. The second kappa shape index (κ2) is 7.85. The topological polar surface area (TPSA) is 106 Å². The van der Waals surface area contributed by atoms with E-state index < -0.39 is 12.1 Å². The van der Waals surface area contributed by atoms with Crippen molar-refractivity contribution in [1.82, 2.24) is 20.3 Å². The molecule has 0 atom stereocenters. The molecule has 0 aliphatic carbocycles. The van der Waals surface area contributed by atoms with Crippen LogP contribution in [-0.4, -0.2) is 45.3 Å². The third-order valence-corrected chi connectivity index (χ3v) is 2.17. The molecule has 8 nitrogen and oxygen atoms in total. The summed E-state index contributed by atoms with van der Waals surface area (Å²) in [6.45, 7) is 4.64. The molecule has 0 saturated heterocycles. The zero-order valence-electron chi connectivity index (χ0n) is 10.4. The van der Waals surface area contributed by atoms with Gasteiger partial charge in [-0.3, -0.25) is 4.68 Å². The van der Waals surface area contributed by atoms with E-state index >= 15 is 0 Å². The first-order chi connectivity index (χ1) is 9.13. The van der Waals surface area contributed by atoms with E-state index in [0.29, 0.717) is 13.1 Å². The first-order valence-corrected chi connectivity index (χ1v) is 5.78. The lowest BCUT2D eigenvalue weighted by Crippen LogP contribution is -2.25. The third kappa shape index (κ3) is 5.66. The first kappa shape index (κ1) is 14.7. The molecule has 0 radical (unpaired) electrons. The van der Waals surface area contributed by atoms with Crippen molar-refractivity contribution >= 4 is 12.1 Å². The smallest absolute Gasteiger partial charge is 0.407 e. The summed E-state index contributed by atoms with van der Waals surface area (Å²) in [7, 11) is 0. The Kier molecular flexibility index (Phi) is 6.07. The Morgan fingerprint density at radius 3 is 2.95 bits per heavy atom. The molecule has 0 spiro atoms. The Labute approximate surface area is 110 Å². The van der Waals surface area contributed by atoms with Crippen LogP contribution in [0.1, 0.15) is 23.3 Å². The highest BCUT2D eigenvalue weighted by Gasteiger charge is 2.07. The summed E-state index contributed by atoms with van der Waals surface area (Å²) in [4.78, 5) is 21.6. The van der Waals surface area contributed by atoms with Gasteiger partial charge in [-0.25, -0.2) is 9.59 Å². The molecule has 1 aromatic heterocycles. The lowest BCUT2D eigenvalue weighted by Gasteiger charge is -2.04. The van der Waals surface area contributed by atoms with Crippen LogP contribution in [0.25, 0.3) is 0 Å². The van der Waals surface area contributed by atoms with E-state index in [4.69, 9.17) is 9.84 Å². The largest absolute Gasteiger partial charge is 0.476 e. The maximum absolute atomic E-state index is 11.0. The molecule has 1 rings (SSSR count). The van der Waals surface area contributed by atoms with Gasteiger partial charge in [0.25, 0.3) is 0 Å². The Hall–Kier alpha value is -2.38. The highest BCUT2D eigenvalue weighted by atomic mass is 16.5. The molecule has 0 aliphatic heterocycles. The molecule has 0 aromatic carbocycles. The number of carboxylic acids is 1. The second-order valence-corrected chi connectivity index (χ2v) is 3.69. The van der Waals surface area contributed by atoms with Gasteiger partial charge in [-0.1, -0.05) is 17.9 Å². The van der Waals surface area contributed by atoms with Crippen molar-refractivity contribution in [2.75, 3.05) is 13.2 Å². The van der Waals surface area contributed by atoms with Crippen LogP contribution in [0.2, 0.25) is 0 Å². The molecule has 0 unspecified atom stereocenters. The van der Waals surface area contributed by atoms with Crippen LogP contribution >= 0.6 is 0 Å². The van der Waals surface area contributed by atoms with Crippen LogP contribution < -0.4 is 5.32 Å². The number of aromatic carboxylic acids is 1. The van der Waals surface area contributed by atoms with Gasteiger partial charge in [0.15, 0.2) is 5.69 Å². The number of alkyl carbamates (subject to hydrolysis) is 1. The van der Waals surface area contributed by atoms with E-state index in [9.17, 15) is 9.59 Å². The maximum atomic E-state index is 11.0. The van der Waals surface area contributed by atoms with Crippen molar-refractivity contribution < 1.29 is 19.4 Å². The van der Waals surface area contributed by atoms with Crippen LogP contribution in [0.15, 0.2) is 18.9 Å². The van der Waals surface area contributed by atoms with E-state index in [-0.39, 0.29) is 12.3 Å². The maximum Gasteiger partial charge on any atom is 0.407 e. The quantitative estimate of drug-likeness (QED) is 0.530. The van der Waals surface area contributed by atoms with Crippen LogP contribution in [-0.2, 0) is 11.3 Å². The highest BCUT2D eigenvalue weighted by molar-refractivity contribution is 5.84. The SMILES string of the molecule is C=CCOC(=O)NCCCCn1cc(C(=O)O)nn1. The lowest BCUT2D eigenvalue weighted by atomic mass is 10.3. The molecule has 104 valence electrons. The van der Waals surface area contributed by atoms with E-state index in [1.165, 1.54) is 17.0 Å². The molecule has 2 N–H and O–H groups in total. The Morgan fingerprint density at radius 1 is 1.53 bits per heavy atom. The Morgan fingerprint density at radius 2 is 2.32 bits per heavy atom. The number of hydrogen-bond donors (Lipinski definition) is 2. The predicted molar refractivity (Wildman–Crippen MR) is 65.8 cm³/mol. The number of nitrogens with one attached hydrogen (secondary N) is 1. The van der Waals surface area contributed by atoms with Crippen molar-refractivity contribution in [1.29, 1.82) is 0 Å². The average Bonchev–Trinajstić information content (AvgIpc) is 2.85. The second-order valence-electron chi connectivity index (χ2n) is 3.69. The monoisotopic (exact) mass is 268 g/mol. The van der Waals surface area contributed by atoms with E-state index in [1.54, 1.807) is 0 Å². The van der Waals surface area contributed by atoms with Gasteiger partial charge in [-0.2, -0.15) is 0 Å². The molecule has 0 fully saturated rings. The number of hydrogen-bond acceptors (Lipinski definition) is 5. The van der Waals surface area contributed by atoms with Gasteiger partial charge in [0, 0.05) is 13.1 Å². The molecule has 0 aliphatic rings. The van der Waals surface area contributed by atoms with Gasteiger partial charge in [-0.15, -0.1) is 5.10 Å². The summed E-state index contributed by atoms with van der Waals surface area (Å²) in [5, 5.41) is 18.4. The molecular weight excluding hydrogens is 252 g/mol. The van der Waals surface area contributed by atoms with Gasteiger partial charge in [0.2, 0.25) is 0 Å². The van der Waals surface area contributed by atoms with Crippen LogP contribution in [0.5, 0.6) is 0 Å². The van der Waals surface area contributed by atoms with Gasteiger partial charge in [0.05, 0.1) is 6.20 Å². The Balaban J connectivity index is 2.11. The van der Waals surface area contributed by atoms with Gasteiger partial charge in [-0.05, 0) is 12.8 Å². The zero-order valence-corrected chi connectivity index (χ0v) is 10.4. The normalized spacial score (nSPS) is 9.89. The molecule has 8 heteroatoms. The summed E-state index contributed by atoms with van der Waals surface area (Å²) >= 11 is 0. The first-order valence-electron chi connectivity index (χ1n) is 5.78. The Bertz CT molecular complexity index is 444. The number of aryl methyl sites for hydroxylation is 1. The molecular formula is C11H16N4O4. The molecule has 1 aromatic rings. The number of unbranched alkanes of at least 4 members (excludes halogenated alkanes) is 1. The average molecular weight is 268 g/mol. The number of carboxylic acid groups (broad SMARTS) is 1. The highest BCUT2D eigenvalue weighted by Crippen LogP contribution is 1.96. The van der Waals surface area contributed by atoms with Gasteiger partial charge >= 0.3 is 12.1 Å². The van der Waals surface area contributed by atoms with E-state index in [1.807, 2.05) is 0 Å². The van der Waals surface area contributed by atoms with Crippen molar-refractivity contribution in [3.05, 3.63) is 24.5 Å². The van der Waals surface area contributed by atoms with Crippen molar-refractivity contribution in [2.45, 2.75) is 19.4 Å². The fourth-order valence-electron chi connectivity index (χ4n) is 1.28. The number of aromatic nitrogens is 3. The molecule has 0 saturated carbocycles. The van der Waals surface area contributed by atoms with E-state index in [0.717, 1.165) is 12.8 Å². The van der Waals surface area contributed by atoms with Crippen molar-refractivity contribution in [3.8, 4) is 0 Å². The van der Waals surface area contributed by atoms with Crippen LogP contribution in [0.4, 0.5) is 4.79 Å². The fourth-order valence-corrected chi connectivity index (χ4v) is 1.28. The summed E-state index contributed by atoms with van der Waals surface area (Å²) in [5.41, 5.74) is -0.0777. The molecule has 19 heavy (non-hydrogen) atoms. The summed E-state index contributed by atoms with van der Waals surface area (Å²) < 4.78 is 6.18. The molecule has 1 amide bonds. The molecule has 1 heterocycles. The minimum Gasteiger partial charge on any atom is -0.476 e. The third-order valence-electron chi connectivity index (χ3n) is 2.17. The summed E-state index contributed by atoms with van der Waals surface area (Å²) in [6, 6.07) is 0. The standard InChI is InChI=1S/C11H16N4O4/c1-2-7-19-11(18)12-5-3-4-6-15-8-9(10(16)17)13-14-15/h2,8H,1,3-7H2,(H,12,18)(H,16,17). The number of carbonyl (C=O) groups excluding carboxylic acids is 1. The number of rotatable bonds is 8. The van der Waals surface area contributed by atoms with E-state index in [2.05, 4.69) is 22.2 Å².